The van der Waals surface area contributed by atoms with Gasteiger partial charge in [0.25, 0.3) is 0 Å². The van der Waals surface area contributed by atoms with Crippen LogP contribution in [0.25, 0.3) is 0 Å². The highest BCUT2D eigenvalue weighted by molar-refractivity contribution is 6.01. The van der Waals surface area contributed by atoms with E-state index in [-0.39, 0.29) is 11.1 Å². The van der Waals surface area contributed by atoms with E-state index in [4.69, 9.17) is 5.11 Å². The Hall–Kier alpha value is -1.84. The van der Waals surface area contributed by atoms with Crippen LogP contribution in [0.4, 0.5) is 0 Å². The van der Waals surface area contributed by atoms with E-state index in [1.165, 1.54) is 12.5 Å². The highest BCUT2D eigenvalue weighted by Crippen LogP contribution is 2.44. The SMILES string of the molecule is CC1CCC(C(C)C)C(c2ccc(C(=O)O)c(C(=O)O)c2)C1. The molecule has 0 amide bonds. The Morgan fingerprint density at radius 1 is 1.09 bits per heavy atom. The van der Waals surface area contributed by atoms with Gasteiger partial charge in [-0.25, -0.2) is 9.59 Å². The lowest BCUT2D eigenvalue weighted by atomic mass is 9.67. The molecule has 0 heterocycles. The van der Waals surface area contributed by atoms with Crippen LogP contribution in [0.1, 0.15) is 72.2 Å². The summed E-state index contributed by atoms with van der Waals surface area (Å²) in [5, 5.41) is 18.4. The number of carboxylic acid groups (broad SMARTS) is 2. The molecule has 3 unspecified atom stereocenters. The molecule has 0 radical (unpaired) electrons. The van der Waals surface area contributed by atoms with Gasteiger partial charge >= 0.3 is 11.9 Å². The molecule has 1 aromatic rings. The predicted molar refractivity (Wildman–Crippen MR) is 84.4 cm³/mol. The maximum absolute atomic E-state index is 11.4. The standard InChI is InChI=1S/C18H24O4/c1-10(2)13-6-4-11(3)8-15(13)12-5-7-14(17(19)20)16(9-12)18(21)22/h5,7,9-11,13,15H,4,6,8H2,1-3H3,(H,19,20)(H,21,22). The van der Waals surface area contributed by atoms with Gasteiger partial charge in [-0.15, -0.1) is 0 Å². The molecule has 0 aromatic heterocycles. The summed E-state index contributed by atoms with van der Waals surface area (Å²) in [7, 11) is 0. The van der Waals surface area contributed by atoms with Crippen LogP contribution in [-0.4, -0.2) is 22.2 Å². The highest BCUT2D eigenvalue weighted by atomic mass is 16.4. The molecular formula is C18H24O4. The molecule has 1 aliphatic rings. The van der Waals surface area contributed by atoms with Gasteiger partial charge in [-0.2, -0.15) is 0 Å². The number of aromatic carboxylic acids is 2. The third-order valence-electron chi connectivity index (χ3n) is 4.95. The number of rotatable bonds is 4. The van der Waals surface area contributed by atoms with Crippen molar-refractivity contribution in [3.63, 3.8) is 0 Å². The van der Waals surface area contributed by atoms with E-state index in [2.05, 4.69) is 20.8 Å². The fourth-order valence-corrected chi connectivity index (χ4v) is 3.74. The average molecular weight is 304 g/mol. The van der Waals surface area contributed by atoms with Gasteiger partial charge in [-0.05, 0) is 54.2 Å². The maximum Gasteiger partial charge on any atom is 0.336 e. The van der Waals surface area contributed by atoms with Crippen molar-refractivity contribution in [3.8, 4) is 0 Å². The van der Waals surface area contributed by atoms with E-state index in [0.29, 0.717) is 23.7 Å². The first-order chi connectivity index (χ1) is 10.3. The van der Waals surface area contributed by atoms with E-state index in [0.717, 1.165) is 18.4 Å². The lowest BCUT2D eigenvalue weighted by molar-refractivity contribution is 0.0651. The van der Waals surface area contributed by atoms with Gasteiger partial charge in [0.15, 0.2) is 0 Å². The Bertz CT molecular complexity index is 576. The van der Waals surface area contributed by atoms with Crippen molar-refractivity contribution in [2.45, 2.75) is 46.0 Å². The molecule has 0 bridgehead atoms. The highest BCUT2D eigenvalue weighted by Gasteiger charge is 2.32. The molecule has 0 saturated heterocycles. The summed E-state index contributed by atoms with van der Waals surface area (Å²) in [6.45, 7) is 6.64. The van der Waals surface area contributed by atoms with Crippen LogP contribution in [-0.2, 0) is 0 Å². The quantitative estimate of drug-likeness (QED) is 0.871. The Morgan fingerprint density at radius 3 is 2.27 bits per heavy atom. The van der Waals surface area contributed by atoms with Gasteiger partial charge in [0.05, 0.1) is 11.1 Å². The third-order valence-corrected chi connectivity index (χ3v) is 4.95. The largest absolute Gasteiger partial charge is 0.478 e. The van der Waals surface area contributed by atoms with E-state index < -0.39 is 11.9 Å². The molecule has 3 atom stereocenters. The normalized spacial score (nSPS) is 25.2. The molecular weight excluding hydrogens is 280 g/mol. The van der Waals surface area contributed by atoms with Crippen molar-refractivity contribution in [1.29, 1.82) is 0 Å². The van der Waals surface area contributed by atoms with Gasteiger partial charge in [0, 0.05) is 0 Å². The van der Waals surface area contributed by atoms with Crippen molar-refractivity contribution in [3.05, 3.63) is 34.9 Å². The van der Waals surface area contributed by atoms with Gasteiger partial charge in [0.2, 0.25) is 0 Å². The number of hydrogen-bond donors (Lipinski definition) is 2. The van der Waals surface area contributed by atoms with Gasteiger partial charge in [-0.1, -0.05) is 33.3 Å². The molecule has 1 saturated carbocycles. The molecule has 2 N–H and O–H groups in total. The van der Waals surface area contributed by atoms with Crippen LogP contribution in [0.15, 0.2) is 18.2 Å². The van der Waals surface area contributed by atoms with Crippen molar-refractivity contribution >= 4 is 11.9 Å². The van der Waals surface area contributed by atoms with Crippen LogP contribution in [0.5, 0.6) is 0 Å². The molecule has 0 aliphatic heterocycles. The summed E-state index contributed by atoms with van der Waals surface area (Å²) >= 11 is 0. The van der Waals surface area contributed by atoms with Crippen LogP contribution < -0.4 is 0 Å². The zero-order chi connectivity index (χ0) is 16.4. The second-order valence-electron chi connectivity index (χ2n) is 6.85. The number of hydrogen-bond acceptors (Lipinski definition) is 2. The zero-order valence-corrected chi connectivity index (χ0v) is 13.4. The lowest BCUT2D eigenvalue weighted by Crippen LogP contribution is -2.26. The summed E-state index contributed by atoms with van der Waals surface area (Å²) in [6, 6.07) is 4.82. The second-order valence-corrected chi connectivity index (χ2v) is 6.85. The molecule has 22 heavy (non-hydrogen) atoms. The molecule has 1 fully saturated rings. The maximum atomic E-state index is 11.4. The smallest absolute Gasteiger partial charge is 0.336 e. The fraction of sp³-hybridized carbons (Fsp3) is 0.556. The van der Waals surface area contributed by atoms with Crippen LogP contribution >= 0.6 is 0 Å². The lowest BCUT2D eigenvalue weighted by Gasteiger charge is -2.38. The van der Waals surface area contributed by atoms with Crippen LogP contribution in [0.2, 0.25) is 0 Å². The monoisotopic (exact) mass is 304 g/mol. The first kappa shape index (κ1) is 16.5. The molecule has 1 aromatic carbocycles. The van der Waals surface area contributed by atoms with Gasteiger partial charge in [0.1, 0.15) is 0 Å². The zero-order valence-electron chi connectivity index (χ0n) is 13.4. The van der Waals surface area contributed by atoms with Crippen molar-refractivity contribution in [1.82, 2.24) is 0 Å². The van der Waals surface area contributed by atoms with Crippen molar-refractivity contribution in [2.75, 3.05) is 0 Å². The van der Waals surface area contributed by atoms with E-state index in [9.17, 15) is 14.7 Å². The number of benzene rings is 1. The number of carboxylic acids is 2. The fourth-order valence-electron chi connectivity index (χ4n) is 3.74. The van der Waals surface area contributed by atoms with Crippen LogP contribution in [0, 0.1) is 17.8 Å². The van der Waals surface area contributed by atoms with E-state index >= 15 is 0 Å². The summed E-state index contributed by atoms with van der Waals surface area (Å²) in [4.78, 5) is 22.6. The Labute approximate surface area is 131 Å². The molecule has 1 aliphatic carbocycles. The summed E-state index contributed by atoms with van der Waals surface area (Å²) < 4.78 is 0. The second kappa shape index (κ2) is 6.51. The number of carbonyl (C=O) groups is 2. The molecule has 2 rings (SSSR count). The minimum absolute atomic E-state index is 0.106. The third kappa shape index (κ3) is 3.32. The van der Waals surface area contributed by atoms with E-state index in [1.807, 2.05) is 0 Å². The first-order valence-electron chi connectivity index (χ1n) is 7.91. The van der Waals surface area contributed by atoms with Crippen molar-refractivity contribution in [2.24, 2.45) is 17.8 Å². The summed E-state index contributed by atoms with van der Waals surface area (Å²) in [5.74, 6) is -0.388. The molecule has 120 valence electrons. The predicted octanol–water partition coefficient (Wildman–Crippen LogP) is 4.26. The summed E-state index contributed by atoms with van der Waals surface area (Å²) in [5.41, 5.74) is 0.722. The Morgan fingerprint density at radius 2 is 1.73 bits per heavy atom. The van der Waals surface area contributed by atoms with Crippen LogP contribution in [0.3, 0.4) is 0 Å². The molecule has 4 heteroatoms. The van der Waals surface area contributed by atoms with Gasteiger partial charge in [-0.3, -0.25) is 0 Å². The molecule has 0 spiro atoms. The minimum atomic E-state index is -1.19. The van der Waals surface area contributed by atoms with Gasteiger partial charge < -0.3 is 10.2 Å². The average Bonchev–Trinajstić information content (AvgIpc) is 2.45. The first-order valence-corrected chi connectivity index (χ1v) is 7.91. The summed E-state index contributed by atoms with van der Waals surface area (Å²) in [6.07, 6.45) is 3.39. The Kier molecular flexibility index (Phi) is 4.89. The topological polar surface area (TPSA) is 74.6 Å². The van der Waals surface area contributed by atoms with E-state index in [1.54, 1.807) is 12.1 Å². The van der Waals surface area contributed by atoms with Crippen molar-refractivity contribution < 1.29 is 19.8 Å². The Balaban J connectivity index is 2.43. The molecule has 4 nitrogen and oxygen atoms in total. The minimum Gasteiger partial charge on any atom is -0.478 e.